The fraction of sp³-hybridized carbons (Fsp3) is 0.500. The van der Waals surface area contributed by atoms with Crippen LogP contribution >= 0.6 is 0 Å². The van der Waals surface area contributed by atoms with Crippen molar-refractivity contribution in [3.8, 4) is 0 Å². The average Bonchev–Trinajstić information content (AvgIpc) is 2.36. The Kier molecular flexibility index (Phi) is 4.25. The molecule has 1 fully saturated rings. The molecule has 0 amide bonds. The highest BCUT2D eigenvalue weighted by Gasteiger charge is 2.38. The first kappa shape index (κ1) is 15.8. The summed E-state index contributed by atoms with van der Waals surface area (Å²) >= 11 is 0. The number of carboxylic acid groups (broad SMARTS) is 1. The molecule has 0 atom stereocenters. The normalized spacial score (nSPS) is 17.3. The van der Waals surface area contributed by atoms with E-state index in [2.05, 4.69) is 5.32 Å². The Bertz CT molecular complexity index is 619. The third kappa shape index (κ3) is 3.36. The Morgan fingerprint density at radius 3 is 2.24 bits per heavy atom. The van der Waals surface area contributed by atoms with Crippen LogP contribution in [0.15, 0.2) is 29.2 Å². The second kappa shape index (κ2) is 5.65. The van der Waals surface area contributed by atoms with Crippen LogP contribution in [-0.2, 0) is 14.8 Å². The van der Waals surface area contributed by atoms with E-state index in [1.54, 1.807) is 12.1 Å². The van der Waals surface area contributed by atoms with Gasteiger partial charge in [-0.2, -0.15) is 0 Å². The second-order valence-electron chi connectivity index (χ2n) is 5.64. The van der Waals surface area contributed by atoms with E-state index >= 15 is 0 Å². The van der Waals surface area contributed by atoms with E-state index < -0.39 is 21.5 Å². The highest BCUT2D eigenvalue weighted by atomic mass is 32.2. The van der Waals surface area contributed by atoms with Crippen molar-refractivity contribution in [2.75, 3.05) is 19.4 Å². The second-order valence-corrected chi connectivity index (χ2v) is 7.79. The van der Waals surface area contributed by atoms with E-state index in [4.69, 9.17) is 5.11 Å². The predicted octanol–water partition coefficient (Wildman–Crippen LogP) is 1.75. The molecule has 0 saturated heterocycles. The number of hydrogen-bond acceptors (Lipinski definition) is 4. The van der Waals surface area contributed by atoms with Crippen LogP contribution in [0.2, 0.25) is 0 Å². The van der Waals surface area contributed by atoms with E-state index in [1.165, 1.54) is 26.2 Å². The number of sulfonamides is 1. The SMILES string of the molecule is CN(C)S(=O)(=O)c1ccc(NC2(CC(=O)O)CCC2)cc1. The van der Waals surface area contributed by atoms with E-state index in [1.807, 2.05) is 0 Å². The van der Waals surface area contributed by atoms with Crippen LogP contribution in [0.4, 0.5) is 5.69 Å². The predicted molar refractivity (Wildman–Crippen MR) is 79.8 cm³/mol. The lowest BCUT2D eigenvalue weighted by Gasteiger charge is -2.42. The summed E-state index contributed by atoms with van der Waals surface area (Å²) in [6.07, 6.45) is 2.71. The van der Waals surface area contributed by atoms with Gasteiger partial charge < -0.3 is 10.4 Å². The number of hydrogen-bond donors (Lipinski definition) is 2. The van der Waals surface area contributed by atoms with Crippen molar-refractivity contribution in [2.45, 2.75) is 36.1 Å². The molecule has 0 unspecified atom stereocenters. The van der Waals surface area contributed by atoms with Gasteiger partial charge in [0, 0.05) is 25.3 Å². The number of carbonyl (C=O) groups is 1. The van der Waals surface area contributed by atoms with Gasteiger partial charge >= 0.3 is 5.97 Å². The summed E-state index contributed by atoms with van der Waals surface area (Å²) in [5.74, 6) is -0.825. The average molecular weight is 312 g/mol. The van der Waals surface area contributed by atoms with Gasteiger partial charge in [-0.15, -0.1) is 0 Å². The van der Waals surface area contributed by atoms with Crippen LogP contribution in [0.1, 0.15) is 25.7 Å². The van der Waals surface area contributed by atoms with Crippen LogP contribution < -0.4 is 5.32 Å². The number of benzene rings is 1. The topological polar surface area (TPSA) is 86.7 Å². The molecular formula is C14H20N2O4S. The Morgan fingerprint density at radius 2 is 1.86 bits per heavy atom. The summed E-state index contributed by atoms with van der Waals surface area (Å²) in [6, 6.07) is 6.42. The third-order valence-electron chi connectivity index (χ3n) is 3.84. The van der Waals surface area contributed by atoms with Crippen LogP contribution in [0.25, 0.3) is 0 Å². The van der Waals surface area contributed by atoms with Gasteiger partial charge in [0.2, 0.25) is 10.0 Å². The zero-order chi connectivity index (χ0) is 15.7. The quantitative estimate of drug-likeness (QED) is 0.835. The number of rotatable bonds is 6. The maximum absolute atomic E-state index is 12.0. The molecule has 7 heteroatoms. The zero-order valence-electron chi connectivity index (χ0n) is 12.2. The van der Waals surface area contributed by atoms with Crippen LogP contribution in [0.5, 0.6) is 0 Å². The minimum Gasteiger partial charge on any atom is -0.481 e. The standard InChI is InChI=1S/C14H20N2O4S/c1-16(2)21(19,20)12-6-4-11(5-7-12)15-14(8-3-9-14)10-13(17)18/h4-7,15H,3,8-10H2,1-2H3,(H,17,18). The Balaban J connectivity index is 2.15. The molecule has 1 saturated carbocycles. The molecule has 1 aromatic rings. The maximum atomic E-state index is 12.0. The molecule has 1 aliphatic rings. The maximum Gasteiger partial charge on any atom is 0.305 e. The van der Waals surface area contributed by atoms with Gasteiger partial charge in [0.15, 0.2) is 0 Å². The molecule has 0 bridgehead atoms. The van der Waals surface area contributed by atoms with Crippen molar-refractivity contribution in [3.05, 3.63) is 24.3 Å². The van der Waals surface area contributed by atoms with Crippen molar-refractivity contribution in [3.63, 3.8) is 0 Å². The third-order valence-corrected chi connectivity index (χ3v) is 5.67. The Labute approximate surface area is 124 Å². The minimum absolute atomic E-state index is 0.0742. The van der Waals surface area contributed by atoms with Crippen molar-refractivity contribution >= 4 is 21.7 Å². The highest BCUT2D eigenvalue weighted by Crippen LogP contribution is 2.38. The molecule has 116 valence electrons. The van der Waals surface area contributed by atoms with Gasteiger partial charge in [-0.3, -0.25) is 4.79 Å². The highest BCUT2D eigenvalue weighted by molar-refractivity contribution is 7.89. The van der Waals surface area contributed by atoms with Gasteiger partial charge in [0.25, 0.3) is 0 Å². The number of carboxylic acids is 1. The summed E-state index contributed by atoms with van der Waals surface area (Å²) < 4.78 is 25.1. The van der Waals surface area contributed by atoms with Crippen molar-refractivity contribution < 1.29 is 18.3 Å². The molecule has 0 heterocycles. The molecule has 0 radical (unpaired) electrons. The van der Waals surface area contributed by atoms with Gasteiger partial charge in [-0.1, -0.05) is 0 Å². The largest absolute Gasteiger partial charge is 0.481 e. The summed E-state index contributed by atoms with van der Waals surface area (Å²) in [7, 11) is -0.469. The van der Waals surface area contributed by atoms with Crippen LogP contribution in [-0.4, -0.2) is 43.4 Å². The molecule has 1 aliphatic carbocycles. The molecule has 0 spiro atoms. The first-order valence-corrected chi connectivity index (χ1v) is 8.22. The van der Waals surface area contributed by atoms with Gasteiger partial charge in [0.05, 0.1) is 11.3 Å². The summed E-state index contributed by atoms with van der Waals surface area (Å²) in [4.78, 5) is 11.2. The molecule has 1 aromatic carbocycles. The zero-order valence-corrected chi connectivity index (χ0v) is 13.0. The van der Waals surface area contributed by atoms with E-state index in [0.29, 0.717) is 0 Å². The van der Waals surface area contributed by atoms with Gasteiger partial charge in [-0.25, -0.2) is 12.7 Å². The number of aliphatic carboxylic acids is 1. The summed E-state index contributed by atoms with van der Waals surface area (Å²) in [5, 5.41) is 12.2. The number of nitrogens with zero attached hydrogens (tertiary/aromatic N) is 1. The van der Waals surface area contributed by atoms with Gasteiger partial charge in [-0.05, 0) is 43.5 Å². The number of nitrogens with one attached hydrogen (secondary N) is 1. The molecule has 21 heavy (non-hydrogen) atoms. The molecule has 0 aromatic heterocycles. The minimum atomic E-state index is -3.44. The van der Waals surface area contributed by atoms with E-state index in [0.717, 1.165) is 29.3 Å². The molecular weight excluding hydrogens is 292 g/mol. The smallest absolute Gasteiger partial charge is 0.305 e. The first-order valence-electron chi connectivity index (χ1n) is 6.78. The summed E-state index contributed by atoms with van der Waals surface area (Å²) in [5.41, 5.74) is 0.349. The van der Waals surface area contributed by atoms with E-state index in [9.17, 15) is 13.2 Å². The van der Waals surface area contributed by atoms with Crippen LogP contribution in [0, 0.1) is 0 Å². The Hall–Kier alpha value is -1.60. The van der Waals surface area contributed by atoms with Crippen molar-refractivity contribution in [1.82, 2.24) is 4.31 Å². The Morgan fingerprint density at radius 1 is 1.29 bits per heavy atom. The van der Waals surface area contributed by atoms with Gasteiger partial charge in [0.1, 0.15) is 0 Å². The summed E-state index contributed by atoms with van der Waals surface area (Å²) in [6.45, 7) is 0. The molecule has 2 N–H and O–H groups in total. The lowest BCUT2D eigenvalue weighted by atomic mass is 9.74. The molecule has 2 rings (SSSR count). The molecule has 6 nitrogen and oxygen atoms in total. The first-order chi connectivity index (χ1) is 9.75. The van der Waals surface area contributed by atoms with E-state index in [-0.39, 0.29) is 11.3 Å². The lowest BCUT2D eigenvalue weighted by Crippen LogP contribution is -2.46. The molecule has 0 aliphatic heterocycles. The fourth-order valence-electron chi connectivity index (χ4n) is 2.47. The van der Waals surface area contributed by atoms with Crippen LogP contribution in [0.3, 0.4) is 0 Å². The van der Waals surface area contributed by atoms with Crippen molar-refractivity contribution in [1.29, 1.82) is 0 Å². The lowest BCUT2D eigenvalue weighted by molar-refractivity contribution is -0.138. The monoisotopic (exact) mass is 312 g/mol. The van der Waals surface area contributed by atoms with Crippen molar-refractivity contribution in [2.24, 2.45) is 0 Å². The fourth-order valence-corrected chi connectivity index (χ4v) is 3.37. The number of anilines is 1.